The number of hydrogen-bond donors (Lipinski definition) is 0. The maximum Gasteiger partial charge on any atom is 0.260 e. The number of hydrogen-bond acceptors (Lipinski definition) is 5. The minimum Gasteiger partial charge on any atom is -0.379 e. The summed E-state index contributed by atoms with van der Waals surface area (Å²) < 4.78 is 6.55. The van der Waals surface area contributed by atoms with Gasteiger partial charge in [0, 0.05) is 31.7 Å². The Morgan fingerprint density at radius 2 is 1.97 bits per heavy atom. The molecular formula is C23H27N3O2S. The SMILES string of the molecule is Cc1cccc(C(=O)N(CCCN2CCOCC2)c2nc3c(C)cccc3s2)c1. The number of para-hydroxylation sites is 1. The van der Waals surface area contributed by atoms with Gasteiger partial charge in [-0.1, -0.05) is 41.2 Å². The van der Waals surface area contributed by atoms with Gasteiger partial charge in [-0.2, -0.15) is 0 Å². The third-order valence-corrected chi connectivity index (χ3v) is 6.35. The third-order valence-electron chi connectivity index (χ3n) is 5.31. The van der Waals surface area contributed by atoms with E-state index in [1.54, 1.807) is 11.3 Å². The van der Waals surface area contributed by atoms with Crippen LogP contribution in [0, 0.1) is 13.8 Å². The highest BCUT2D eigenvalue weighted by Gasteiger charge is 2.22. The van der Waals surface area contributed by atoms with Gasteiger partial charge in [0.1, 0.15) is 0 Å². The van der Waals surface area contributed by atoms with Gasteiger partial charge in [-0.15, -0.1) is 0 Å². The predicted octanol–water partition coefficient (Wildman–Crippen LogP) is 4.28. The third kappa shape index (κ3) is 4.66. The molecule has 0 saturated carbocycles. The molecule has 0 bridgehead atoms. The van der Waals surface area contributed by atoms with E-state index in [9.17, 15) is 4.79 Å². The molecule has 29 heavy (non-hydrogen) atoms. The highest BCUT2D eigenvalue weighted by atomic mass is 32.1. The molecule has 2 heterocycles. The molecule has 0 unspecified atom stereocenters. The average Bonchev–Trinajstić information content (AvgIpc) is 3.17. The Hall–Kier alpha value is -2.28. The van der Waals surface area contributed by atoms with Gasteiger partial charge in [-0.3, -0.25) is 14.6 Å². The summed E-state index contributed by atoms with van der Waals surface area (Å²) in [4.78, 5) is 22.5. The number of ether oxygens (including phenoxy) is 1. The van der Waals surface area contributed by atoms with Crippen molar-refractivity contribution in [3.8, 4) is 0 Å². The Balaban J connectivity index is 1.58. The highest BCUT2D eigenvalue weighted by Crippen LogP contribution is 2.31. The van der Waals surface area contributed by atoms with E-state index in [0.29, 0.717) is 12.1 Å². The van der Waals surface area contributed by atoms with Crippen molar-refractivity contribution in [2.24, 2.45) is 0 Å². The first-order valence-electron chi connectivity index (χ1n) is 10.2. The van der Waals surface area contributed by atoms with E-state index < -0.39 is 0 Å². The number of aromatic nitrogens is 1. The number of morpholine rings is 1. The van der Waals surface area contributed by atoms with Crippen LogP contribution in [0.15, 0.2) is 42.5 Å². The number of benzene rings is 2. The fraction of sp³-hybridized carbons (Fsp3) is 0.391. The number of amides is 1. The van der Waals surface area contributed by atoms with E-state index >= 15 is 0 Å². The molecule has 1 aliphatic rings. The normalized spacial score (nSPS) is 15.0. The van der Waals surface area contributed by atoms with E-state index in [4.69, 9.17) is 9.72 Å². The first-order chi connectivity index (χ1) is 14.1. The minimum atomic E-state index is 0.0207. The van der Waals surface area contributed by atoms with Crippen LogP contribution in [0.1, 0.15) is 27.9 Å². The summed E-state index contributed by atoms with van der Waals surface area (Å²) in [6, 6.07) is 14.0. The van der Waals surface area contributed by atoms with Gasteiger partial charge in [0.05, 0.1) is 23.4 Å². The Kier molecular flexibility index (Phi) is 6.23. The van der Waals surface area contributed by atoms with Gasteiger partial charge in [0.25, 0.3) is 5.91 Å². The van der Waals surface area contributed by atoms with Crippen molar-refractivity contribution < 1.29 is 9.53 Å². The summed E-state index contributed by atoms with van der Waals surface area (Å²) in [5.41, 5.74) is 3.93. The molecule has 0 atom stereocenters. The number of fused-ring (bicyclic) bond motifs is 1. The topological polar surface area (TPSA) is 45.7 Å². The van der Waals surface area contributed by atoms with Crippen LogP contribution in [0.4, 0.5) is 5.13 Å². The molecule has 152 valence electrons. The maximum atomic E-state index is 13.4. The summed E-state index contributed by atoms with van der Waals surface area (Å²) in [5.74, 6) is 0.0207. The van der Waals surface area contributed by atoms with Gasteiger partial charge in [0.15, 0.2) is 5.13 Å². The Bertz CT molecular complexity index is 995. The molecule has 1 amide bonds. The molecule has 1 aromatic heterocycles. The van der Waals surface area contributed by atoms with E-state index in [1.807, 2.05) is 42.2 Å². The molecule has 1 saturated heterocycles. The van der Waals surface area contributed by atoms with E-state index in [0.717, 1.165) is 65.7 Å². The van der Waals surface area contributed by atoms with Crippen LogP contribution in [-0.4, -0.2) is 55.2 Å². The van der Waals surface area contributed by atoms with Crippen molar-refractivity contribution in [3.05, 3.63) is 59.2 Å². The second kappa shape index (κ2) is 9.03. The fourth-order valence-corrected chi connectivity index (χ4v) is 4.75. The molecule has 2 aromatic carbocycles. The minimum absolute atomic E-state index is 0.0207. The predicted molar refractivity (Wildman–Crippen MR) is 119 cm³/mol. The summed E-state index contributed by atoms with van der Waals surface area (Å²) >= 11 is 1.59. The lowest BCUT2D eigenvalue weighted by Crippen LogP contribution is -2.39. The number of rotatable bonds is 6. The quantitative estimate of drug-likeness (QED) is 0.610. The molecule has 0 aliphatic carbocycles. The van der Waals surface area contributed by atoms with Crippen LogP contribution >= 0.6 is 11.3 Å². The lowest BCUT2D eigenvalue weighted by Gasteiger charge is -2.27. The summed E-state index contributed by atoms with van der Waals surface area (Å²) in [6.45, 7) is 9.22. The largest absolute Gasteiger partial charge is 0.379 e. The number of nitrogens with zero attached hydrogens (tertiary/aromatic N) is 3. The first kappa shape index (κ1) is 20.0. The van der Waals surface area contributed by atoms with Crippen molar-refractivity contribution >= 4 is 32.6 Å². The van der Waals surface area contributed by atoms with Crippen LogP contribution in [0.3, 0.4) is 0 Å². The smallest absolute Gasteiger partial charge is 0.260 e. The van der Waals surface area contributed by atoms with E-state index in [-0.39, 0.29) is 5.91 Å². The second-order valence-electron chi connectivity index (χ2n) is 7.55. The standard InChI is InChI=1S/C23H27N3O2S/c1-17-6-3-8-19(16-17)22(27)26(11-5-10-25-12-14-28-15-13-25)23-24-21-18(2)7-4-9-20(21)29-23/h3-4,6-9,16H,5,10-15H2,1-2H3. The molecular weight excluding hydrogens is 382 g/mol. The van der Waals surface area contributed by atoms with Crippen molar-refractivity contribution in [1.29, 1.82) is 0 Å². The molecule has 0 radical (unpaired) electrons. The highest BCUT2D eigenvalue weighted by molar-refractivity contribution is 7.22. The van der Waals surface area contributed by atoms with Crippen LogP contribution in [0.25, 0.3) is 10.2 Å². The zero-order valence-electron chi connectivity index (χ0n) is 17.1. The van der Waals surface area contributed by atoms with Crippen molar-refractivity contribution in [2.75, 3.05) is 44.3 Å². The van der Waals surface area contributed by atoms with Crippen molar-refractivity contribution in [1.82, 2.24) is 9.88 Å². The number of thiazole rings is 1. The monoisotopic (exact) mass is 409 g/mol. The summed E-state index contributed by atoms with van der Waals surface area (Å²) in [7, 11) is 0. The zero-order chi connectivity index (χ0) is 20.2. The molecule has 5 nitrogen and oxygen atoms in total. The second-order valence-corrected chi connectivity index (χ2v) is 8.56. The first-order valence-corrected chi connectivity index (χ1v) is 11.0. The molecule has 3 aromatic rings. The molecule has 1 fully saturated rings. The fourth-order valence-electron chi connectivity index (χ4n) is 3.69. The van der Waals surface area contributed by atoms with Crippen molar-refractivity contribution in [2.45, 2.75) is 20.3 Å². The Morgan fingerprint density at radius 3 is 2.72 bits per heavy atom. The van der Waals surface area contributed by atoms with Gasteiger partial charge >= 0.3 is 0 Å². The van der Waals surface area contributed by atoms with Gasteiger partial charge in [0.2, 0.25) is 0 Å². The average molecular weight is 410 g/mol. The van der Waals surface area contributed by atoms with Gasteiger partial charge in [-0.05, 0) is 44.0 Å². The molecule has 0 spiro atoms. The molecule has 4 rings (SSSR count). The van der Waals surface area contributed by atoms with Crippen LogP contribution < -0.4 is 4.90 Å². The summed E-state index contributed by atoms with van der Waals surface area (Å²) in [5, 5.41) is 0.780. The number of aryl methyl sites for hydroxylation is 2. The van der Waals surface area contributed by atoms with Crippen molar-refractivity contribution in [3.63, 3.8) is 0 Å². The molecule has 1 aliphatic heterocycles. The van der Waals surface area contributed by atoms with Crippen LogP contribution in [-0.2, 0) is 4.74 Å². The zero-order valence-corrected chi connectivity index (χ0v) is 17.9. The van der Waals surface area contributed by atoms with Crippen LogP contribution in [0.2, 0.25) is 0 Å². The van der Waals surface area contributed by atoms with Gasteiger partial charge in [-0.25, -0.2) is 4.98 Å². The number of anilines is 1. The number of carbonyl (C=O) groups is 1. The van der Waals surface area contributed by atoms with E-state index in [1.165, 1.54) is 0 Å². The lowest BCUT2D eigenvalue weighted by molar-refractivity contribution is 0.0376. The van der Waals surface area contributed by atoms with Crippen LogP contribution in [0.5, 0.6) is 0 Å². The molecule has 6 heteroatoms. The van der Waals surface area contributed by atoms with E-state index in [2.05, 4.69) is 24.0 Å². The lowest BCUT2D eigenvalue weighted by atomic mass is 10.1. The summed E-state index contributed by atoms with van der Waals surface area (Å²) in [6.07, 6.45) is 0.909. The number of carbonyl (C=O) groups excluding carboxylic acids is 1. The molecule has 0 N–H and O–H groups in total. The Labute approximate surface area is 175 Å². The Morgan fingerprint density at radius 1 is 1.17 bits per heavy atom. The van der Waals surface area contributed by atoms with Gasteiger partial charge < -0.3 is 4.74 Å². The maximum absolute atomic E-state index is 13.4.